The number of nitrogens with one attached hydrogen (secondary N) is 1. The maximum atomic E-state index is 12.3. The number of aromatic nitrogens is 4. The van der Waals surface area contributed by atoms with Gasteiger partial charge in [0.2, 0.25) is 5.76 Å². The summed E-state index contributed by atoms with van der Waals surface area (Å²) < 4.78 is 7.27. The van der Waals surface area contributed by atoms with Gasteiger partial charge >= 0.3 is 0 Å². The summed E-state index contributed by atoms with van der Waals surface area (Å²) in [5.41, 5.74) is 3.42. The van der Waals surface area contributed by atoms with E-state index in [9.17, 15) is 4.79 Å². The smallest absolute Gasteiger partial charge is 0.289 e. The molecule has 4 rings (SSSR count). The first kappa shape index (κ1) is 18.1. The van der Waals surface area contributed by atoms with Gasteiger partial charge in [-0.1, -0.05) is 12.1 Å². The van der Waals surface area contributed by atoms with E-state index in [0.29, 0.717) is 24.7 Å². The Hall–Kier alpha value is -3.26. The van der Waals surface area contributed by atoms with Gasteiger partial charge in [-0.2, -0.15) is 5.10 Å². The fourth-order valence-electron chi connectivity index (χ4n) is 3.04. The summed E-state index contributed by atoms with van der Waals surface area (Å²) in [6.07, 6.45) is 3.59. The highest BCUT2D eigenvalue weighted by atomic mass is 32.1. The fraction of sp³-hybridized carbons (Fsp3) is 0.200. The van der Waals surface area contributed by atoms with E-state index in [2.05, 4.69) is 26.4 Å². The van der Waals surface area contributed by atoms with Crippen molar-refractivity contribution in [1.82, 2.24) is 25.1 Å². The van der Waals surface area contributed by atoms with Crippen LogP contribution in [0, 0.1) is 13.8 Å². The van der Waals surface area contributed by atoms with E-state index in [1.54, 1.807) is 31.4 Å². The van der Waals surface area contributed by atoms with E-state index in [4.69, 9.17) is 4.42 Å². The fourth-order valence-corrected chi connectivity index (χ4v) is 3.82. The average molecular weight is 393 g/mol. The molecular formula is C20H19N5O2S. The van der Waals surface area contributed by atoms with Crippen LogP contribution in [0.5, 0.6) is 0 Å². The van der Waals surface area contributed by atoms with Gasteiger partial charge in [-0.25, -0.2) is 4.98 Å². The zero-order valence-corrected chi connectivity index (χ0v) is 16.4. The van der Waals surface area contributed by atoms with Crippen LogP contribution >= 0.6 is 11.3 Å². The molecule has 0 bridgehead atoms. The molecule has 8 heteroatoms. The molecule has 4 aromatic heterocycles. The molecule has 142 valence electrons. The standard InChI is InChI=1S/C20H19N5O2S/c1-13-19(27-14(2)24-13)20(26)22-9-10-25-18(17-7-5-11-28-17)15(12-23-25)16-6-3-4-8-21-16/h3-8,11-12H,9-10H2,1-2H3,(H,22,26). The van der Waals surface area contributed by atoms with E-state index in [-0.39, 0.29) is 11.7 Å². The molecule has 28 heavy (non-hydrogen) atoms. The minimum atomic E-state index is -0.270. The SMILES string of the molecule is Cc1nc(C)c(C(=O)NCCn2ncc(-c3ccccn3)c2-c2cccs2)o1. The Morgan fingerprint density at radius 1 is 1.25 bits per heavy atom. The summed E-state index contributed by atoms with van der Waals surface area (Å²) in [7, 11) is 0. The summed E-state index contributed by atoms with van der Waals surface area (Å²) >= 11 is 1.65. The number of aryl methyl sites for hydroxylation is 2. The second-order valence-electron chi connectivity index (χ2n) is 6.23. The number of carbonyl (C=O) groups is 1. The molecule has 7 nitrogen and oxygen atoms in total. The summed E-state index contributed by atoms with van der Waals surface area (Å²) in [6.45, 7) is 4.42. The van der Waals surface area contributed by atoms with Gasteiger partial charge < -0.3 is 9.73 Å². The number of pyridine rings is 1. The molecule has 1 amide bonds. The monoisotopic (exact) mass is 393 g/mol. The van der Waals surface area contributed by atoms with Crippen molar-refractivity contribution in [2.75, 3.05) is 6.54 Å². The number of carbonyl (C=O) groups excluding carboxylic acids is 1. The van der Waals surface area contributed by atoms with Crippen molar-refractivity contribution in [3.05, 3.63) is 65.5 Å². The topological polar surface area (TPSA) is 85.8 Å². The summed E-state index contributed by atoms with van der Waals surface area (Å²) in [4.78, 5) is 22.0. The zero-order chi connectivity index (χ0) is 19.5. The highest BCUT2D eigenvalue weighted by Crippen LogP contribution is 2.33. The lowest BCUT2D eigenvalue weighted by atomic mass is 10.1. The molecule has 4 aromatic rings. The van der Waals surface area contributed by atoms with Gasteiger partial charge in [0.25, 0.3) is 5.91 Å². The maximum absolute atomic E-state index is 12.3. The van der Waals surface area contributed by atoms with Gasteiger partial charge in [0.1, 0.15) is 0 Å². The van der Waals surface area contributed by atoms with Crippen molar-refractivity contribution in [2.45, 2.75) is 20.4 Å². The summed E-state index contributed by atoms with van der Waals surface area (Å²) in [6, 6.07) is 9.89. The van der Waals surface area contributed by atoms with Gasteiger partial charge in [-0.05, 0) is 30.5 Å². The molecule has 0 unspecified atom stereocenters. The van der Waals surface area contributed by atoms with Crippen molar-refractivity contribution in [3.63, 3.8) is 0 Å². The largest absolute Gasteiger partial charge is 0.436 e. The summed E-state index contributed by atoms with van der Waals surface area (Å²) in [5, 5.41) is 9.45. The lowest BCUT2D eigenvalue weighted by molar-refractivity contribution is 0.0922. The molecule has 0 saturated heterocycles. The molecule has 0 aliphatic heterocycles. The van der Waals surface area contributed by atoms with Crippen LogP contribution in [0.3, 0.4) is 0 Å². The molecule has 0 spiro atoms. The molecule has 0 aliphatic rings. The molecule has 4 heterocycles. The first-order chi connectivity index (χ1) is 13.6. The van der Waals surface area contributed by atoms with E-state index in [0.717, 1.165) is 21.8 Å². The molecule has 0 aromatic carbocycles. The van der Waals surface area contributed by atoms with Crippen LogP contribution in [-0.2, 0) is 6.54 Å². The van der Waals surface area contributed by atoms with Crippen LogP contribution in [0.2, 0.25) is 0 Å². The summed E-state index contributed by atoms with van der Waals surface area (Å²) in [5.74, 6) is 0.466. The van der Waals surface area contributed by atoms with Crippen LogP contribution in [0.4, 0.5) is 0 Å². The van der Waals surface area contributed by atoms with E-state index >= 15 is 0 Å². The Labute approximate surface area is 166 Å². The predicted molar refractivity (Wildman–Crippen MR) is 107 cm³/mol. The van der Waals surface area contributed by atoms with Crippen molar-refractivity contribution in [2.24, 2.45) is 0 Å². The van der Waals surface area contributed by atoms with Crippen molar-refractivity contribution < 1.29 is 9.21 Å². The molecular weight excluding hydrogens is 374 g/mol. The van der Waals surface area contributed by atoms with Crippen LogP contribution in [0.15, 0.2) is 52.5 Å². The maximum Gasteiger partial charge on any atom is 0.289 e. The third-order valence-corrected chi connectivity index (χ3v) is 5.13. The van der Waals surface area contributed by atoms with Gasteiger partial charge in [-0.15, -0.1) is 11.3 Å². The van der Waals surface area contributed by atoms with Crippen LogP contribution in [0.1, 0.15) is 22.1 Å². The van der Waals surface area contributed by atoms with E-state index in [1.165, 1.54) is 0 Å². The molecule has 0 aliphatic carbocycles. The molecule has 0 fully saturated rings. The Balaban J connectivity index is 1.54. The number of amides is 1. The second-order valence-corrected chi connectivity index (χ2v) is 7.17. The third kappa shape index (κ3) is 3.59. The number of hydrogen-bond acceptors (Lipinski definition) is 6. The predicted octanol–water partition coefficient (Wildman–Crippen LogP) is 3.71. The first-order valence-electron chi connectivity index (χ1n) is 8.87. The lowest BCUT2D eigenvalue weighted by Gasteiger charge is -2.09. The number of hydrogen-bond donors (Lipinski definition) is 1. The molecule has 1 N–H and O–H groups in total. The Morgan fingerprint density at radius 2 is 2.14 bits per heavy atom. The molecule has 0 atom stereocenters. The number of nitrogens with zero attached hydrogens (tertiary/aromatic N) is 4. The Morgan fingerprint density at radius 3 is 2.82 bits per heavy atom. The van der Waals surface area contributed by atoms with E-state index in [1.807, 2.05) is 40.5 Å². The van der Waals surface area contributed by atoms with Crippen LogP contribution < -0.4 is 5.32 Å². The normalized spacial score (nSPS) is 10.9. The van der Waals surface area contributed by atoms with E-state index < -0.39 is 0 Å². The number of thiophene rings is 1. The highest BCUT2D eigenvalue weighted by molar-refractivity contribution is 7.13. The van der Waals surface area contributed by atoms with Gasteiger partial charge in [0.05, 0.1) is 34.7 Å². The van der Waals surface area contributed by atoms with Crippen molar-refractivity contribution in [1.29, 1.82) is 0 Å². The van der Waals surface area contributed by atoms with Crippen molar-refractivity contribution >= 4 is 17.2 Å². The van der Waals surface area contributed by atoms with Crippen LogP contribution in [-0.4, -0.2) is 32.2 Å². The minimum absolute atomic E-state index is 0.255. The highest BCUT2D eigenvalue weighted by Gasteiger charge is 2.18. The Kier molecular flexibility index (Phi) is 5.03. The Bertz CT molecular complexity index is 1080. The quantitative estimate of drug-likeness (QED) is 0.540. The number of rotatable bonds is 6. The third-order valence-electron chi connectivity index (χ3n) is 4.25. The molecule has 0 radical (unpaired) electrons. The minimum Gasteiger partial charge on any atom is -0.436 e. The van der Waals surface area contributed by atoms with Gasteiger partial charge in [0.15, 0.2) is 5.89 Å². The van der Waals surface area contributed by atoms with Gasteiger partial charge in [-0.3, -0.25) is 14.5 Å². The van der Waals surface area contributed by atoms with Gasteiger partial charge in [0, 0.05) is 25.2 Å². The first-order valence-corrected chi connectivity index (χ1v) is 9.75. The zero-order valence-electron chi connectivity index (χ0n) is 15.5. The van der Waals surface area contributed by atoms with Crippen molar-refractivity contribution in [3.8, 4) is 21.8 Å². The van der Waals surface area contributed by atoms with Crippen LogP contribution in [0.25, 0.3) is 21.8 Å². The number of oxazole rings is 1. The molecule has 0 saturated carbocycles. The average Bonchev–Trinajstić information content (AvgIpc) is 3.42. The lowest BCUT2D eigenvalue weighted by Crippen LogP contribution is -2.27. The second kappa shape index (κ2) is 7.77.